The van der Waals surface area contributed by atoms with Gasteiger partial charge in [-0.3, -0.25) is 9.69 Å². The Balaban J connectivity index is 1.58. The molecule has 0 unspecified atom stereocenters. The first-order valence-corrected chi connectivity index (χ1v) is 13.4. The summed E-state index contributed by atoms with van der Waals surface area (Å²) in [5, 5.41) is 11.1. The van der Waals surface area contributed by atoms with Crippen LogP contribution in [-0.2, 0) is 9.53 Å². The number of carbonyl (C=O) groups excluding carboxylic acids is 2. The van der Waals surface area contributed by atoms with Gasteiger partial charge in [0, 0.05) is 44.7 Å². The largest absolute Gasteiger partial charge is 0.497 e. The van der Waals surface area contributed by atoms with Crippen LogP contribution in [0.25, 0.3) is 0 Å². The van der Waals surface area contributed by atoms with E-state index in [9.17, 15) is 9.59 Å². The number of amides is 3. The van der Waals surface area contributed by atoms with Gasteiger partial charge in [-0.1, -0.05) is 6.07 Å². The number of hydrogen-bond donors (Lipinski definition) is 1. The first kappa shape index (κ1) is 26.9. The number of urea groups is 1. The maximum absolute atomic E-state index is 13.8. The van der Waals surface area contributed by atoms with Crippen LogP contribution in [0.15, 0.2) is 40.8 Å². The number of carbonyl (C=O) groups is 2. The Labute approximate surface area is 221 Å². The topological polar surface area (TPSA) is 95.9 Å². The van der Waals surface area contributed by atoms with E-state index in [0.29, 0.717) is 50.8 Å². The van der Waals surface area contributed by atoms with E-state index in [0.717, 1.165) is 29.2 Å². The van der Waals surface area contributed by atoms with Gasteiger partial charge >= 0.3 is 6.03 Å². The minimum absolute atomic E-state index is 0.0832. The summed E-state index contributed by atoms with van der Waals surface area (Å²) in [5.41, 5.74) is 1.64. The molecule has 11 heteroatoms. The smallest absolute Gasteiger partial charge is 0.317 e. The summed E-state index contributed by atoms with van der Waals surface area (Å²) >= 11 is 1.58. The third-order valence-corrected chi connectivity index (χ3v) is 7.42. The van der Waals surface area contributed by atoms with Crippen molar-refractivity contribution in [1.82, 2.24) is 20.1 Å². The second-order valence-electron chi connectivity index (χ2n) is 8.80. The number of nitrogens with one attached hydrogen (secondary N) is 1. The molecule has 0 aliphatic carbocycles. The van der Waals surface area contributed by atoms with E-state index in [2.05, 4.69) is 10.2 Å². The molecule has 1 aromatic heterocycles. The van der Waals surface area contributed by atoms with Crippen LogP contribution in [0.1, 0.15) is 29.8 Å². The first-order chi connectivity index (χ1) is 18.0. The molecule has 4 rings (SSSR count). The van der Waals surface area contributed by atoms with Crippen LogP contribution >= 0.6 is 11.3 Å². The van der Waals surface area contributed by atoms with Crippen LogP contribution in [0.4, 0.5) is 4.79 Å². The van der Waals surface area contributed by atoms with Gasteiger partial charge in [0.2, 0.25) is 0 Å². The number of ether oxygens (including phenoxy) is 3. The average Bonchev–Trinajstić information content (AvgIpc) is 3.62. The van der Waals surface area contributed by atoms with Crippen molar-refractivity contribution >= 4 is 29.0 Å². The maximum atomic E-state index is 13.8. The number of methoxy groups -OCH3 is 2. The van der Waals surface area contributed by atoms with Crippen molar-refractivity contribution in [2.45, 2.75) is 19.4 Å². The molecule has 1 saturated heterocycles. The first-order valence-electron chi connectivity index (χ1n) is 12.5. The van der Waals surface area contributed by atoms with Gasteiger partial charge in [-0.15, -0.1) is 11.3 Å². The van der Waals surface area contributed by atoms with Gasteiger partial charge < -0.3 is 24.4 Å². The summed E-state index contributed by atoms with van der Waals surface area (Å²) in [4.78, 5) is 31.5. The van der Waals surface area contributed by atoms with Crippen molar-refractivity contribution in [2.24, 2.45) is 5.10 Å². The molecule has 0 spiro atoms. The zero-order valence-electron chi connectivity index (χ0n) is 21.6. The molecule has 1 atom stereocenters. The van der Waals surface area contributed by atoms with E-state index in [1.165, 1.54) is 5.01 Å². The van der Waals surface area contributed by atoms with Crippen LogP contribution in [0.5, 0.6) is 11.5 Å². The number of rotatable bonds is 10. The molecule has 2 aliphatic heterocycles. The average molecular weight is 530 g/mol. The molecular weight excluding hydrogens is 494 g/mol. The molecule has 2 aliphatic rings. The monoisotopic (exact) mass is 529 g/mol. The summed E-state index contributed by atoms with van der Waals surface area (Å²) in [6.45, 7) is 6.35. The van der Waals surface area contributed by atoms with Crippen LogP contribution in [-0.4, -0.2) is 99.2 Å². The number of benzene rings is 1. The lowest BCUT2D eigenvalue weighted by molar-refractivity contribution is -0.133. The van der Waals surface area contributed by atoms with Crippen molar-refractivity contribution in [3.63, 3.8) is 0 Å². The highest BCUT2D eigenvalue weighted by Crippen LogP contribution is 2.39. The van der Waals surface area contributed by atoms with Gasteiger partial charge in [-0.2, -0.15) is 5.10 Å². The van der Waals surface area contributed by atoms with Crippen LogP contribution < -0.4 is 14.8 Å². The van der Waals surface area contributed by atoms with E-state index in [1.807, 2.05) is 42.6 Å². The highest BCUT2D eigenvalue weighted by molar-refractivity contribution is 7.12. The Morgan fingerprint density at radius 3 is 2.70 bits per heavy atom. The van der Waals surface area contributed by atoms with Crippen molar-refractivity contribution < 1.29 is 23.8 Å². The normalized spacial score (nSPS) is 17.9. The molecule has 2 aromatic rings. The van der Waals surface area contributed by atoms with Crippen LogP contribution in [0, 0.1) is 0 Å². The van der Waals surface area contributed by atoms with Gasteiger partial charge in [-0.25, -0.2) is 9.80 Å². The Morgan fingerprint density at radius 1 is 1.22 bits per heavy atom. The Bertz CT molecular complexity index is 1090. The molecule has 0 radical (unpaired) electrons. The fraction of sp³-hybridized carbons (Fsp3) is 0.500. The van der Waals surface area contributed by atoms with Crippen LogP contribution in [0.3, 0.4) is 0 Å². The van der Waals surface area contributed by atoms with E-state index >= 15 is 0 Å². The van der Waals surface area contributed by atoms with Gasteiger partial charge in [0.25, 0.3) is 5.91 Å². The molecule has 10 nitrogen and oxygen atoms in total. The van der Waals surface area contributed by atoms with Crippen molar-refractivity contribution in [1.29, 1.82) is 0 Å². The SMILES string of the molecule is CCNC(=O)N(CCN1CCOCC1)CC(=O)N1N=C(c2cccs2)C[C@@H]1c1cc(OC)ccc1OC. The zero-order valence-corrected chi connectivity index (χ0v) is 22.5. The second-order valence-corrected chi connectivity index (χ2v) is 9.75. The van der Waals surface area contributed by atoms with E-state index in [1.54, 1.807) is 30.5 Å². The Kier molecular flexibility index (Phi) is 9.37. The van der Waals surface area contributed by atoms with Crippen molar-refractivity contribution in [2.75, 3.05) is 66.7 Å². The molecule has 0 bridgehead atoms. The van der Waals surface area contributed by atoms with Gasteiger partial charge in [0.1, 0.15) is 18.0 Å². The number of morpholine rings is 1. The fourth-order valence-electron chi connectivity index (χ4n) is 4.51. The standard InChI is InChI=1S/C26H35N5O5S/c1-4-27-26(33)30(10-9-29-11-13-36-14-12-29)18-25(32)31-22(17-21(28-31)24-6-5-15-37-24)20-16-19(34-2)7-8-23(20)35-3/h5-8,15-16,22H,4,9-14,17-18H2,1-3H3,(H,27,33)/t22-/m1/s1. The maximum Gasteiger partial charge on any atom is 0.317 e. The lowest BCUT2D eigenvalue weighted by Gasteiger charge is -2.31. The molecule has 1 N–H and O–H groups in total. The Hall–Kier alpha value is -3.15. The fourth-order valence-corrected chi connectivity index (χ4v) is 5.23. The molecular formula is C26H35N5O5S. The van der Waals surface area contributed by atoms with Gasteiger partial charge in [-0.05, 0) is 36.6 Å². The predicted molar refractivity (Wildman–Crippen MR) is 143 cm³/mol. The number of nitrogens with zero attached hydrogens (tertiary/aromatic N) is 4. The van der Waals surface area contributed by atoms with E-state index < -0.39 is 0 Å². The quantitative estimate of drug-likeness (QED) is 0.509. The van der Waals surface area contributed by atoms with E-state index in [-0.39, 0.29) is 24.5 Å². The van der Waals surface area contributed by atoms with Gasteiger partial charge in [0.05, 0.1) is 44.1 Å². The molecule has 1 fully saturated rings. The van der Waals surface area contributed by atoms with Crippen molar-refractivity contribution in [3.05, 3.63) is 46.2 Å². The highest BCUT2D eigenvalue weighted by atomic mass is 32.1. The van der Waals surface area contributed by atoms with Crippen LogP contribution in [0.2, 0.25) is 0 Å². The molecule has 0 saturated carbocycles. The Morgan fingerprint density at radius 2 is 2.03 bits per heavy atom. The number of hydrogen-bond acceptors (Lipinski definition) is 8. The van der Waals surface area contributed by atoms with E-state index in [4.69, 9.17) is 19.3 Å². The third kappa shape index (κ3) is 6.60. The molecule has 200 valence electrons. The summed E-state index contributed by atoms with van der Waals surface area (Å²) in [5.74, 6) is 1.07. The second kappa shape index (κ2) is 12.9. The summed E-state index contributed by atoms with van der Waals surface area (Å²) in [6.07, 6.45) is 0.532. The number of hydrazone groups is 1. The number of thiophene rings is 1. The third-order valence-electron chi connectivity index (χ3n) is 6.50. The lowest BCUT2D eigenvalue weighted by atomic mass is 9.99. The molecule has 1 aromatic carbocycles. The summed E-state index contributed by atoms with van der Waals surface area (Å²) in [6, 6.07) is 8.87. The minimum atomic E-state index is -0.384. The predicted octanol–water partition coefficient (Wildman–Crippen LogP) is 2.81. The summed E-state index contributed by atoms with van der Waals surface area (Å²) in [7, 11) is 3.21. The lowest BCUT2D eigenvalue weighted by Crippen LogP contribution is -2.49. The molecule has 3 amide bonds. The van der Waals surface area contributed by atoms with Gasteiger partial charge in [0.15, 0.2) is 0 Å². The molecule has 37 heavy (non-hydrogen) atoms. The summed E-state index contributed by atoms with van der Waals surface area (Å²) < 4.78 is 16.5. The highest BCUT2D eigenvalue weighted by Gasteiger charge is 2.36. The minimum Gasteiger partial charge on any atom is -0.497 e. The zero-order chi connectivity index (χ0) is 26.2. The molecule has 3 heterocycles. The van der Waals surface area contributed by atoms with Crippen molar-refractivity contribution in [3.8, 4) is 11.5 Å².